The molecule has 0 aliphatic heterocycles. The van der Waals surface area contributed by atoms with Crippen LogP contribution in [0.3, 0.4) is 0 Å². The van der Waals surface area contributed by atoms with Gasteiger partial charge in [0.25, 0.3) is 10.0 Å². The molecule has 1 unspecified atom stereocenters. The number of aliphatic hydroxyl groups excluding tert-OH is 1. The van der Waals surface area contributed by atoms with E-state index in [-0.39, 0.29) is 4.90 Å². The van der Waals surface area contributed by atoms with Crippen LogP contribution in [0.4, 0.5) is 5.69 Å². The van der Waals surface area contributed by atoms with Gasteiger partial charge in [-0.05, 0) is 79.4 Å². The highest BCUT2D eigenvalue weighted by atomic mass is 32.2. The molecule has 3 aromatic carbocycles. The summed E-state index contributed by atoms with van der Waals surface area (Å²) in [5, 5.41) is 17.5. The van der Waals surface area contributed by atoms with Gasteiger partial charge in [0.05, 0.1) is 11.0 Å². The Balaban J connectivity index is 1.09. The lowest BCUT2D eigenvalue weighted by molar-refractivity contribution is 0.174. The minimum Gasteiger partial charge on any atom is -0.387 e. The van der Waals surface area contributed by atoms with E-state index < -0.39 is 16.1 Å². The Hall–Kier alpha value is -4.38. The molecule has 42 heavy (non-hydrogen) atoms. The summed E-state index contributed by atoms with van der Waals surface area (Å²) in [6, 6.07) is 27.5. The van der Waals surface area contributed by atoms with Crippen molar-refractivity contribution in [3.63, 3.8) is 0 Å². The van der Waals surface area contributed by atoms with Crippen LogP contribution in [0.2, 0.25) is 0 Å². The first-order chi connectivity index (χ1) is 20.5. The first kappa shape index (κ1) is 29.1. The van der Waals surface area contributed by atoms with Crippen molar-refractivity contribution in [2.45, 2.75) is 36.7 Å². The van der Waals surface area contributed by atoms with Crippen LogP contribution in [0, 0.1) is 0 Å². The van der Waals surface area contributed by atoms with Gasteiger partial charge in [-0.25, -0.2) is 8.42 Å². The first-order valence-corrected chi connectivity index (χ1v) is 15.3. The lowest BCUT2D eigenvalue weighted by Gasteiger charge is -2.12. The highest BCUT2D eigenvalue weighted by Gasteiger charge is 2.16. The van der Waals surface area contributed by atoms with Gasteiger partial charge in [-0.15, -0.1) is 0 Å². The molecular formula is C32H33N5O4S. The fourth-order valence-electron chi connectivity index (χ4n) is 4.46. The predicted octanol–water partition coefficient (Wildman–Crippen LogP) is 4.97. The molecule has 3 N–H and O–H groups in total. The quantitative estimate of drug-likeness (QED) is 0.156. The molecule has 1 atom stereocenters. The normalized spacial score (nSPS) is 12.2. The molecule has 0 aliphatic rings. The number of pyridine rings is 1. The van der Waals surface area contributed by atoms with E-state index in [1.54, 1.807) is 42.7 Å². The number of sulfonamides is 1. The molecule has 2 aromatic heterocycles. The molecule has 0 saturated carbocycles. The standard InChI is InChI=1S/C32H33N5O4S/c38-30(27-9-5-20-33-22-27)23-34-21-19-25-11-15-28(16-12-25)37-42(39,40)29-17-13-26(14-18-29)32-35-31(41-36-32)10-4-8-24-6-2-1-3-7-24/h1-3,5-7,9,11-18,20,22,30,34,37-38H,4,8,10,19,21,23H2. The number of benzene rings is 3. The number of hydrogen-bond donors (Lipinski definition) is 3. The fourth-order valence-corrected chi connectivity index (χ4v) is 5.52. The van der Waals surface area contributed by atoms with E-state index in [9.17, 15) is 13.5 Å². The number of nitrogens with one attached hydrogen (secondary N) is 2. The van der Waals surface area contributed by atoms with Gasteiger partial charge in [-0.1, -0.05) is 53.7 Å². The molecule has 9 nitrogen and oxygen atoms in total. The zero-order chi connectivity index (χ0) is 29.2. The average Bonchev–Trinajstić information content (AvgIpc) is 3.50. The van der Waals surface area contributed by atoms with Crippen molar-refractivity contribution in [2.75, 3.05) is 17.8 Å². The Bertz CT molecular complexity index is 1640. The Morgan fingerprint density at radius 1 is 0.833 bits per heavy atom. The fraction of sp³-hybridized carbons (Fsp3) is 0.219. The largest absolute Gasteiger partial charge is 0.387 e. The summed E-state index contributed by atoms with van der Waals surface area (Å²) >= 11 is 0. The van der Waals surface area contributed by atoms with Crippen LogP contribution in [-0.2, 0) is 29.3 Å². The summed E-state index contributed by atoms with van der Waals surface area (Å²) in [6.07, 6.45) is 5.93. The van der Waals surface area contributed by atoms with Gasteiger partial charge < -0.3 is 14.9 Å². The predicted molar refractivity (Wildman–Crippen MR) is 161 cm³/mol. The number of aliphatic hydroxyl groups is 1. The monoisotopic (exact) mass is 583 g/mol. The van der Waals surface area contributed by atoms with Gasteiger partial charge >= 0.3 is 0 Å². The minimum absolute atomic E-state index is 0.137. The van der Waals surface area contributed by atoms with E-state index in [0.717, 1.165) is 30.4 Å². The van der Waals surface area contributed by atoms with Gasteiger partial charge in [0.2, 0.25) is 11.7 Å². The van der Waals surface area contributed by atoms with Crippen LogP contribution in [-0.4, -0.2) is 41.7 Å². The molecule has 2 heterocycles. The van der Waals surface area contributed by atoms with Gasteiger partial charge in [0.1, 0.15) is 0 Å². The van der Waals surface area contributed by atoms with Gasteiger partial charge in [-0.3, -0.25) is 9.71 Å². The maximum atomic E-state index is 13.0. The molecule has 0 bridgehead atoms. The third-order valence-electron chi connectivity index (χ3n) is 6.79. The molecule has 5 rings (SSSR count). The summed E-state index contributed by atoms with van der Waals surface area (Å²) in [5.41, 5.74) is 4.23. The van der Waals surface area contributed by atoms with E-state index in [0.29, 0.717) is 42.5 Å². The molecule has 0 radical (unpaired) electrons. The summed E-state index contributed by atoms with van der Waals surface area (Å²) < 4.78 is 34.0. The van der Waals surface area contributed by atoms with Crippen LogP contribution >= 0.6 is 0 Å². The van der Waals surface area contributed by atoms with Gasteiger partial charge in [-0.2, -0.15) is 4.98 Å². The Kier molecular flexibility index (Phi) is 9.70. The van der Waals surface area contributed by atoms with Crippen LogP contribution in [0.1, 0.15) is 35.1 Å². The summed E-state index contributed by atoms with van der Waals surface area (Å²) in [7, 11) is -3.77. The van der Waals surface area contributed by atoms with E-state index in [4.69, 9.17) is 4.52 Å². The second kappa shape index (κ2) is 14.0. The number of aromatic nitrogens is 3. The third-order valence-corrected chi connectivity index (χ3v) is 8.19. The van der Waals surface area contributed by atoms with Crippen molar-refractivity contribution in [1.29, 1.82) is 0 Å². The summed E-state index contributed by atoms with van der Waals surface area (Å²) in [4.78, 5) is 8.63. The zero-order valence-electron chi connectivity index (χ0n) is 23.1. The van der Waals surface area contributed by atoms with Crippen molar-refractivity contribution < 1.29 is 18.0 Å². The second-order valence-electron chi connectivity index (χ2n) is 9.93. The van der Waals surface area contributed by atoms with Crippen LogP contribution < -0.4 is 10.0 Å². The highest BCUT2D eigenvalue weighted by Crippen LogP contribution is 2.22. The average molecular weight is 584 g/mol. The number of hydrogen-bond acceptors (Lipinski definition) is 8. The Labute approximate surface area is 245 Å². The maximum absolute atomic E-state index is 13.0. The molecule has 10 heteroatoms. The van der Waals surface area contributed by atoms with Crippen molar-refractivity contribution in [3.05, 3.63) is 126 Å². The van der Waals surface area contributed by atoms with Crippen molar-refractivity contribution in [3.8, 4) is 11.4 Å². The lowest BCUT2D eigenvalue weighted by atomic mass is 10.1. The molecular weight excluding hydrogens is 550 g/mol. The van der Waals surface area contributed by atoms with Crippen molar-refractivity contribution in [2.24, 2.45) is 0 Å². The maximum Gasteiger partial charge on any atom is 0.261 e. The lowest BCUT2D eigenvalue weighted by Crippen LogP contribution is -2.23. The molecule has 216 valence electrons. The van der Waals surface area contributed by atoms with E-state index in [2.05, 4.69) is 37.3 Å². The second-order valence-corrected chi connectivity index (χ2v) is 11.6. The SMILES string of the molecule is O=S(=O)(Nc1ccc(CCNCC(O)c2cccnc2)cc1)c1ccc(-c2noc(CCCc3ccccc3)n2)cc1. The van der Waals surface area contributed by atoms with Crippen LogP contribution in [0.5, 0.6) is 0 Å². The molecule has 0 fully saturated rings. The van der Waals surface area contributed by atoms with Crippen molar-refractivity contribution in [1.82, 2.24) is 20.4 Å². The molecule has 0 aliphatic carbocycles. The van der Waals surface area contributed by atoms with Gasteiger partial charge in [0.15, 0.2) is 0 Å². The molecule has 5 aromatic rings. The topological polar surface area (TPSA) is 130 Å². The third kappa shape index (κ3) is 8.10. The van der Waals surface area contributed by atoms with Crippen LogP contribution in [0.15, 0.2) is 113 Å². The van der Waals surface area contributed by atoms with Crippen LogP contribution in [0.25, 0.3) is 11.4 Å². The summed E-state index contributed by atoms with van der Waals surface area (Å²) in [5.74, 6) is 0.985. The number of aryl methyl sites for hydroxylation is 2. The number of nitrogens with zero attached hydrogens (tertiary/aromatic N) is 3. The highest BCUT2D eigenvalue weighted by molar-refractivity contribution is 7.92. The Morgan fingerprint density at radius 3 is 2.33 bits per heavy atom. The zero-order valence-corrected chi connectivity index (χ0v) is 23.9. The molecule has 0 saturated heterocycles. The Morgan fingerprint density at radius 2 is 1.60 bits per heavy atom. The molecule has 0 spiro atoms. The van der Waals surface area contributed by atoms with Crippen molar-refractivity contribution >= 4 is 15.7 Å². The van der Waals surface area contributed by atoms with E-state index in [1.165, 1.54) is 17.7 Å². The van der Waals surface area contributed by atoms with E-state index >= 15 is 0 Å². The minimum atomic E-state index is -3.77. The van der Waals surface area contributed by atoms with Gasteiger partial charge in [0, 0.05) is 42.2 Å². The smallest absolute Gasteiger partial charge is 0.261 e. The number of rotatable bonds is 14. The number of anilines is 1. The van der Waals surface area contributed by atoms with E-state index in [1.807, 2.05) is 36.4 Å². The summed E-state index contributed by atoms with van der Waals surface area (Å²) in [6.45, 7) is 1.09. The molecule has 0 amide bonds. The first-order valence-electron chi connectivity index (χ1n) is 13.8.